The van der Waals surface area contributed by atoms with Gasteiger partial charge in [-0.3, -0.25) is 0 Å². The van der Waals surface area contributed by atoms with E-state index in [0.29, 0.717) is 6.61 Å². The van der Waals surface area contributed by atoms with Crippen molar-refractivity contribution in [2.75, 3.05) is 19.9 Å². The molecule has 2 nitrogen and oxygen atoms in total. The van der Waals surface area contributed by atoms with Gasteiger partial charge in [-0.15, -0.1) is 6.42 Å². The van der Waals surface area contributed by atoms with E-state index in [0.717, 1.165) is 0 Å². The van der Waals surface area contributed by atoms with Crippen LogP contribution in [-0.4, -0.2) is 19.9 Å². The fraction of sp³-hybridized carbons (Fsp3) is 0.667. The summed E-state index contributed by atoms with van der Waals surface area (Å²) >= 11 is 4.98. The fourth-order valence-electron chi connectivity index (χ4n) is 0.426. The van der Waals surface area contributed by atoms with Crippen molar-refractivity contribution >= 4 is 18.3 Å². The zero-order valence-electron chi connectivity index (χ0n) is 6.16. The summed E-state index contributed by atoms with van der Waals surface area (Å²) in [5, 5.41) is 0. The minimum atomic E-state index is -2.02. The second-order valence-corrected chi connectivity index (χ2v) is 5.72. The topological polar surface area (TPSA) is 18.5 Å². The number of rotatable bonds is 4. The summed E-state index contributed by atoms with van der Waals surface area (Å²) in [6, 6.07) is 0. The van der Waals surface area contributed by atoms with Gasteiger partial charge in [-0.05, 0) is 18.7 Å². The van der Waals surface area contributed by atoms with Crippen LogP contribution < -0.4 is 0 Å². The van der Waals surface area contributed by atoms with E-state index in [1.807, 2.05) is 6.92 Å². The Hall–Kier alpha value is 0.130. The van der Waals surface area contributed by atoms with Crippen LogP contribution in [0.2, 0.25) is 0 Å². The molecule has 0 aromatic heterocycles. The molecule has 0 amide bonds. The maximum Gasteiger partial charge on any atom is 0.186 e. The minimum Gasteiger partial charge on any atom is -0.330 e. The molecule has 1 atom stereocenters. The van der Waals surface area contributed by atoms with Crippen molar-refractivity contribution in [3.63, 3.8) is 0 Å². The molecule has 0 heterocycles. The van der Waals surface area contributed by atoms with E-state index < -0.39 is 6.49 Å². The first-order valence-electron chi connectivity index (χ1n) is 2.92. The third-order valence-electron chi connectivity index (χ3n) is 0.746. The van der Waals surface area contributed by atoms with Crippen LogP contribution in [0, 0.1) is 12.3 Å². The Morgan fingerprint density at radius 1 is 1.60 bits per heavy atom. The highest BCUT2D eigenvalue weighted by Crippen LogP contribution is 2.43. The van der Waals surface area contributed by atoms with Crippen molar-refractivity contribution in [2.45, 2.75) is 6.92 Å². The average molecular weight is 178 g/mol. The number of hydrogen-bond donors (Lipinski definition) is 0. The number of hydrogen-bond acceptors (Lipinski definition) is 3. The molecule has 0 rings (SSSR count). The smallest absolute Gasteiger partial charge is 0.186 e. The normalized spacial score (nSPS) is 15.7. The van der Waals surface area contributed by atoms with Crippen molar-refractivity contribution in [3.05, 3.63) is 0 Å². The predicted octanol–water partition coefficient (Wildman–Crippen LogP) is 1.61. The molecule has 10 heavy (non-hydrogen) atoms. The maximum absolute atomic E-state index is 5.14. The molecule has 0 fully saturated rings. The van der Waals surface area contributed by atoms with Crippen LogP contribution in [0.4, 0.5) is 0 Å². The first kappa shape index (κ1) is 10.1. The molecular formula is C6H11O2PS. The molecule has 0 spiro atoms. The fourth-order valence-corrected chi connectivity index (χ4v) is 1.75. The Bertz CT molecular complexity index is 173. The average Bonchev–Trinajstić information content (AvgIpc) is 1.84. The van der Waals surface area contributed by atoms with Gasteiger partial charge in [0.05, 0.1) is 6.61 Å². The van der Waals surface area contributed by atoms with Crippen molar-refractivity contribution in [1.82, 2.24) is 0 Å². The Labute approximate surface area is 67.1 Å². The molecule has 0 bridgehead atoms. The second-order valence-electron chi connectivity index (χ2n) is 1.67. The first-order valence-corrected chi connectivity index (χ1v) is 6.01. The van der Waals surface area contributed by atoms with Crippen molar-refractivity contribution in [3.8, 4) is 12.3 Å². The number of terminal acetylenes is 1. The van der Waals surface area contributed by atoms with Gasteiger partial charge in [0.1, 0.15) is 6.61 Å². The molecule has 0 aliphatic rings. The third kappa shape index (κ3) is 4.96. The van der Waals surface area contributed by atoms with Gasteiger partial charge in [0.15, 0.2) is 6.49 Å². The minimum absolute atomic E-state index is 0.244. The molecule has 4 heteroatoms. The van der Waals surface area contributed by atoms with Gasteiger partial charge in [0.25, 0.3) is 0 Å². The highest BCUT2D eigenvalue weighted by atomic mass is 32.5. The van der Waals surface area contributed by atoms with Crippen molar-refractivity contribution in [1.29, 1.82) is 0 Å². The largest absolute Gasteiger partial charge is 0.330 e. The van der Waals surface area contributed by atoms with Crippen LogP contribution in [0.3, 0.4) is 0 Å². The molecule has 1 unspecified atom stereocenters. The molecule has 0 radical (unpaired) electrons. The van der Waals surface area contributed by atoms with Gasteiger partial charge in [-0.2, -0.15) is 0 Å². The highest BCUT2D eigenvalue weighted by Gasteiger charge is 2.07. The lowest BCUT2D eigenvalue weighted by Gasteiger charge is -2.14. The Kier molecular flexibility index (Phi) is 4.93. The second kappa shape index (κ2) is 4.87. The van der Waals surface area contributed by atoms with E-state index in [9.17, 15) is 0 Å². The summed E-state index contributed by atoms with van der Waals surface area (Å²) in [6.07, 6.45) is 4.97. The van der Waals surface area contributed by atoms with Crippen LogP contribution in [0.5, 0.6) is 0 Å². The van der Waals surface area contributed by atoms with E-state index in [-0.39, 0.29) is 6.61 Å². The van der Waals surface area contributed by atoms with Gasteiger partial charge in [-0.25, -0.2) is 0 Å². The van der Waals surface area contributed by atoms with E-state index in [4.69, 9.17) is 27.3 Å². The van der Waals surface area contributed by atoms with Crippen LogP contribution >= 0.6 is 6.49 Å². The molecule has 0 N–H and O–H groups in total. The van der Waals surface area contributed by atoms with Gasteiger partial charge in [0, 0.05) is 6.66 Å². The molecule has 58 valence electrons. The van der Waals surface area contributed by atoms with Crippen LogP contribution in [0.1, 0.15) is 6.92 Å². The molecule has 0 aliphatic heterocycles. The highest BCUT2D eigenvalue weighted by molar-refractivity contribution is 8.09. The van der Waals surface area contributed by atoms with Crippen LogP contribution in [0.25, 0.3) is 0 Å². The van der Waals surface area contributed by atoms with E-state index in [1.165, 1.54) is 0 Å². The van der Waals surface area contributed by atoms with Crippen molar-refractivity contribution < 1.29 is 9.05 Å². The van der Waals surface area contributed by atoms with Gasteiger partial charge in [-0.1, -0.05) is 5.92 Å². The zero-order valence-corrected chi connectivity index (χ0v) is 7.87. The Morgan fingerprint density at radius 2 is 2.20 bits per heavy atom. The quantitative estimate of drug-likeness (QED) is 0.481. The van der Waals surface area contributed by atoms with Crippen LogP contribution in [-0.2, 0) is 20.9 Å². The van der Waals surface area contributed by atoms with Gasteiger partial charge < -0.3 is 9.05 Å². The van der Waals surface area contributed by atoms with E-state index in [1.54, 1.807) is 6.66 Å². The zero-order chi connectivity index (χ0) is 8.04. The summed E-state index contributed by atoms with van der Waals surface area (Å²) in [4.78, 5) is 0. The molecule has 0 saturated heterocycles. The lowest BCUT2D eigenvalue weighted by molar-refractivity contribution is 0.284. The third-order valence-corrected chi connectivity index (χ3v) is 2.70. The molecule has 0 aromatic carbocycles. The molecule has 0 aliphatic carbocycles. The first-order chi connectivity index (χ1) is 4.62. The maximum atomic E-state index is 5.14. The predicted molar refractivity (Wildman–Crippen MR) is 46.6 cm³/mol. The summed E-state index contributed by atoms with van der Waals surface area (Å²) in [6.45, 7) is 2.45. The lowest BCUT2D eigenvalue weighted by Crippen LogP contribution is -1.93. The van der Waals surface area contributed by atoms with Crippen LogP contribution in [0.15, 0.2) is 0 Å². The summed E-state index contributed by atoms with van der Waals surface area (Å²) in [7, 11) is 0. The SMILES string of the molecule is C#CCOP(C)(=S)OCC. The summed E-state index contributed by atoms with van der Waals surface area (Å²) in [5.74, 6) is 2.34. The standard InChI is InChI=1S/C6H11O2PS/c1-4-6-8-9(3,10)7-5-2/h1H,5-6H2,2-3H3. The van der Waals surface area contributed by atoms with Gasteiger partial charge >= 0.3 is 0 Å². The molecule has 0 saturated carbocycles. The van der Waals surface area contributed by atoms with Gasteiger partial charge in [0.2, 0.25) is 0 Å². The van der Waals surface area contributed by atoms with Crippen molar-refractivity contribution in [2.24, 2.45) is 0 Å². The van der Waals surface area contributed by atoms with E-state index in [2.05, 4.69) is 5.92 Å². The monoisotopic (exact) mass is 178 g/mol. The summed E-state index contributed by atoms with van der Waals surface area (Å²) in [5.41, 5.74) is 0. The Balaban J connectivity index is 3.67. The molecule has 0 aromatic rings. The Morgan fingerprint density at radius 3 is 2.60 bits per heavy atom. The molecular weight excluding hydrogens is 167 g/mol. The lowest BCUT2D eigenvalue weighted by atomic mass is 10.8. The van der Waals surface area contributed by atoms with E-state index >= 15 is 0 Å². The summed E-state index contributed by atoms with van der Waals surface area (Å²) < 4.78 is 10.2.